The minimum absolute atomic E-state index is 0.0233. The summed E-state index contributed by atoms with van der Waals surface area (Å²) >= 11 is 0. The summed E-state index contributed by atoms with van der Waals surface area (Å²) in [4.78, 5) is 11.9. The molecule has 94 valence electrons. The molecular formula is C15H23NO. The van der Waals surface area contributed by atoms with Gasteiger partial charge in [0.05, 0.1) is 0 Å². The smallest absolute Gasteiger partial charge is 0.164 e. The van der Waals surface area contributed by atoms with Gasteiger partial charge in [0.15, 0.2) is 5.78 Å². The van der Waals surface area contributed by atoms with Crippen molar-refractivity contribution in [2.45, 2.75) is 52.0 Å². The Kier molecular flexibility index (Phi) is 4.47. The summed E-state index contributed by atoms with van der Waals surface area (Å²) in [5.74, 6) is 0.139. The molecule has 0 saturated heterocycles. The Morgan fingerprint density at radius 3 is 2.18 bits per heavy atom. The highest BCUT2D eigenvalue weighted by Gasteiger charge is 2.15. The lowest BCUT2D eigenvalue weighted by Gasteiger charge is -2.19. The van der Waals surface area contributed by atoms with Gasteiger partial charge in [0.1, 0.15) is 0 Å². The van der Waals surface area contributed by atoms with Crippen LogP contribution in [0, 0.1) is 0 Å². The number of ketones is 1. The summed E-state index contributed by atoms with van der Waals surface area (Å²) in [6.45, 7) is 8.49. The SMILES string of the molecule is CCC(N)CC(=O)c1ccc(C(C)(C)C)cc1. The number of rotatable bonds is 4. The summed E-state index contributed by atoms with van der Waals surface area (Å²) in [7, 11) is 0. The maximum Gasteiger partial charge on any atom is 0.164 e. The molecule has 1 atom stereocenters. The fourth-order valence-corrected chi connectivity index (χ4v) is 1.66. The van der Waals surface area contributed by atoms with Gasteiger partial charge in [-0.15, -0.1) is 0 Å². The lowest BCUT2D eigenvalue weighted by Crippen LogP contribution is -2.22. The molecule has 1 rings (SSSR count). The maximum atomic E-state index is 11.9. The third kappa shape index (κ3) is 3.97. The van der Waals surface area contributed by atoms with Crippen LogP contribution in [0.5, 0.6) is 0 Å². The molecule has 0 aliphatic carbocycles. The average molecular weight is 233 g/mol. The number of hydrogen-bond donors (Lipinski definition) is 1. The van der Waals surface area contributed by atoms with E-state index in [1.807, 2.05) is 31.2 Å². The molecule has 1 aromatic rings. The van der Waals surface area contributed by atoms with E-state index in [1.54, 1.807) is 0 Å². The van der Waals surface area contributed by atoms with E-state index in [9.17, 15) is 4.79 Å². The van der Waals surface area contributed by atoms with Gasteiger partial charge < -0.3 is 5.73 Å². The van der Waals surface area contributed by atoms with Crippen LogP contribution in [0.15, 0.2) is 24.3 Å². The average Bonchev–Trinajstić information content (AvgIpc) is 2.27. The van der Waals surface area contributed by atoms with E-state index in [2.05, 4.69) is 20.8 Å². The Hall–Kier alpha value is -1.15. The summed E-state index contributed by atoms with van der Waals surface area (Å²) in [5, 5.41) is 0. The zero-order valence-corrected chi connectivity index (χ0v) is 11.3. The Morgan fingerprint density at radius 1 is 1.24 bits per heavy atom. The molecule has 0 spiro atoms. The zero-order valence-electron chi connectivity index (χ0n) is 11.3. The summed E-state index contributed by atoms with van der Waals surface area (Å²) in [6.07, 6.45) is 1.27. The van der Waals surface area contributed by atoms with Crippen molar-refractivity contribution in [1.29, 1.82) is 0 Å². The molecule has 0 saturated carbocycles. The van der Waals surface area contributed by atoms with E-state index in [0.717, 1.165) is 12.0 Å². The Bertz CT molecular complexity index is 373. The fourth-order valence-electron chi connectivity index (χ4n) is 1.66. The molecule has 0 aliphatic rings. The fraction of sp³-hybridized carbons (Fsp3) is 0.533. The van der Waals surface area contributed by atoms with Crippen molar-refractivity contribution in [3.8, 4) is 0 Å². The molecule has 2 heteroatoms. The van der Waals surface area contributed by atoms with Gasteiger partial charge in [-0.2, -0.15) is 0 Å². The van der Waals surface area contributed by atoms with Gasteiger partial charge in [0.25, 0.3) is 0 Å². The largest absolute Gasteiger partial charge is 0.327 e. The molecule has 0 amide bonds. The van der Waals surface area contributed by atoms with Gasteiger partial charge in [0, 0.05) is 18.0 Å². The second kappa shape index (κ2) is 5.46. The van der Waals surface area contributed by atoms with Crippen LogP contribution in [0.1, 0.15) is 56.5 Å². The van der Waals surface area contributed by atoms with Crippen molar-refractivity contribution in [3.63, 3.8) is 0 Å². The topological polar surface area (TPSA) is 43.1 Å². The van der Waals surface area contributed by atoms with Crippen LogP contribution in [0.2, 0.25) is 0 Å². The van der Waals surface area contributed by atoms with Crippen LogP contribution in [-0.4, -0.2) is 11.8 Å². The number of nitrogens with two attached hydrogens (primary N) is 1. The highest BCUT2D eigenvalue weighted by atomic mass is 16.1. The third-order valence-electron chi connectivity index (χ3n) is 3.04. The first-order valence-electron chi connectivity index (χ1n) is 6.24. The van der Waals surface area contributed by atoms with Crippen LogP contribution in [0.3, 0.4) is 0 Å². The molecule has 0 aromatic heterocycles. The Morgan fingerprint density at radius 2 is 1.76 bits per heavy atom. The number of Topliss-reactive ketones (excluding diaryl/α,β-unsaturated/α-hetero) is 1. The van der Waals surface area contributed by atoms with Gasteiger partial charge in [-0.25, -0.2) is 0 Å². The lowest BCUT2D eigenvalue weighted by molar-refractivity contribution is 0.0974. The molecule has 0 heterocycles. The maximum absolute atomic E-state index is 11.9. The third-order valence-corrected chi connectivity index (χ3v) is 3.04. The highest BCUT2D eigenvalue weighted by molar-refractivity contribution is 5.96. The zero-order chi connectivity index (χ0) is 13.1. The first kappa shape index (κ1) is 13.9. The number of benzene rings is 1. The molecule has 1 aromatic carbocycles. The molecule has 2 nitrogen and oxygen atoms in total. The van der Waals surface area contributed by atoms with E-state index in [0.29, 0.717) is 6.42 Å². The summed E-state index contributed by atoms with van der Waals surface area (Å²) < 4.78 is 0. The van der Waals surface area contributed by atoms with Crippen molar-refractivity contribution in [1.82, 2.24) is 0 Å². The molecule has 2 N–H and O–H groups in total. The summed E-state index contributed by atoms with van der Waals surface area (Å²) in [5.41, 5.74) is 7.93. The van der Waals surface area contributed by atoms with Gasteiger partial charge in [-0.1, -0.05) is 52.0 Å². The molecule has 0 aliphatic heterocycles. The lowest BCUT2D eigenvalue weighted by atomic mass is 9.86. The Balaban J connectivity index is 2.78. The van der Waals surface area contributed by atoms with Crippen molar-refractivity contribution < 1.29 is 4.79 Å². The number of carbonyl (C=O) groups is 1. The minimum Gasteiger partial charge on any atom is -0.327 e. The molecular weight excluding hydrogens is 210 g/mol. The van der Waals surface area contributed by atoms with Gasteiger partial charge >= 0.3 is 0 Å². The van der Waals surface area contributed by atoms with Crippen LogP contribution in [-0.2, 0) is 5.41 Å². The predicted molar refractivity (Wildman–Crippen MR) is 72.4 cm³/mol. The van der Waals surface area contributed by atoms with Crippen molar-refractivity contribution >= 4 is 5.78 Å². The van der Waals surface area contributed by atoms with Crippen molar-refractivity contribution in [2.24, 2.45) is 5.73 Å². The quantitative estimate of drug-likeness (QED) is 0.811. The Labute approximate surface area is 104 Å². The summed E-state index contributed by atoms with van der Waals surface area (Å²) in [6, 6.07) is 7.86. The monoisotopic (exact) mass is 233 g/mol. The van der Waals surface area contributed by atoms with Gasteiger partial charge in [-0.05, 0) is 17.4 Å². The molecule has 1 unspecified atom stereocenters. The van der Waals surface area contributed by atoms with E-state index in [1.165, 1.54) is 5.56 Å². The van der Waals surface area contributed by atoms with Crippen molar-refractivity contribution in [3.05, 3.63) is 35.4 Å². The number of carbonyl (C=O) groups excluding carboxylic acids is 1. The van der Waals surface area contributed by atoms with E-state index >= 15 is 0 Å². The molecule has 0 radical (unpaired) electrons. The number of hydrogen-bond acceptors (Lipinski definition) is 2. The van der Waals surface area contributed by atoms with Crippen LogP contribution >= 0.6 is 0 Å². The van der Waals surface area contributed by atoms with Crippen LogP contribution < -0.4 is 5.73 Å². The second-order valence-electron chi connectivity index (χ2n) is 5.62. The predicted octanol–water partition coefficient (Wildman–Crippen LogP) is 3.29. The normalized spacial score (nSPS) is 13.5. The minimum atomic E-state index is -0.0233. The van der Waals surface area contributed by atoms with E-state index in [-0.39, 0.29) is 17.2 Å². The van der Waals surface area contributed by atoms with E-state index < -0.39 is 0 Å². The molecule has 17 heavy (non-hydrogen) atoms. The van der Waals surface area contributed by atoms with Gasteiger partial charge in [0.2, 0.25) is 0 Å². The first-order valence-corrected chi connectivity index (χ1v) is 6.24. The highest BCUT2D eigenvalue weighted by Crippen LogP contribution is 2.22. The van der Waals surface area contributed by atoms with Crippen molar-refractivity contribution in [2.75, 3.05) is 0 Å². The van der Waals surface area contributed by atoms with Crippen LogP contribution in [0.4, 0.5) is 0 Å². The van der Waals surface area contributed by atoms with Crippen LogP contribution in [0.25, 0.3) is 0 Å². The van der Waals surface area contributed by atoms with Gasteiger partial charge in [-0.3, -0.25) is 4.79 Å². The standard InChI is InChI=1S/C15H23NO/c1-5-13(16)10-14(17)11-6-8-12(9-7-11)15(2,3)4/h6-9,13H,5,10,16H2,1-4H3. The second-order valence-corrected chi connectivity index (χ2v) is 5.62. The first-order chi connectivity index (χ1) is 7.84. The van der Waals surface area contributed by atoms with E-state index in [4.69, 9.17) is 5.73 Å². The molecule has 0 fully saturated rings. The molecule has 0 bridgehead atoms.